The van der Waals surface area contributed by atoms with Gasteiger partial charge in [-0.05, 0) is 49.0 Å². The molecular weight excluding hydrogens is 426 g/mol. The van der Waals surface area contributed by atoms with E-state index in [1.165, 1.54) is 30.0 Å². The Kier molecular flexibility index (Phi) is 5.43. The molecule has 0 spiro atoms. The molecule has 30 heavy (non-hydrogen) atoms. The summed E-state index contributed by atoms with van der Waals surface area (Å²) < 4.78 is 5.76. The van der Waals surface area contributed by atoms with Gasteiger partial charge in [0.15, 0.2) is 5.17 Å². The summed E-state index contributed by atoms with van der Waals surface area (Å²) in [6.07, 6.45) is 1.61. The number of non-ortho nitro benzene ring substituents is 1. The molecule has 1 saturated heterocycles. The van der Waals surface area contributed by atoms with Crippen LogP contribution in [0.25, 0.3) is 17.4 Å². The number of nitrogens with one attached hydrogen (secondary N) is 1. The molecule has 9 heteroatoms. The summed E-state index contributed by atoms with van der Waals surface area (Å²) in [5.74, 6) is 0.629. The standard InChI is InChI=1S/C21H14ClN3O4S/c1-12-2-4-13(5-3-12)23-21-24-20(26)19(30-21)11-15-7-9-18(29-15)16-8-6-14(25(27)28)10-17(16)22/h2-11H,1H3,(H,23,24,26)/b19-11+. The third kappa shape index (κ3) is 4.29. The molecule has 2 heterocycles. The van der Waals surface area contributed by atoms with Gasteiger partial charge in [0, 0.05) is 23.8 Å². The number of aliphatic imine (C=N–C) groups is 1. The van der Waals surface area contributed by atoms with Gasteiger partial charge in [-0.25, -0.2) is 4.99 Å². The monoisotopic (exact) mass is 439 g/mol. The van der Waals surface area contributed by atoms with Crippen LogP contribution in [0.1, 0.15) is 11.3 Å². The first-order valence-corrected chi connectivity index (χ1v) is 9.99. The minimum atomic E-state index is -0.515. The van der Waals surface area contributed by atoms with Gasteiger partial charge in [-0.15, -0.1) is 0 Å². The maximum absolute atomic E-state index is 12.3. The fraction of sp³-hybridized carbons (Fsp3) is 0.0476. The van der Waals surface area contributed by atoms with Crippen molar-refractivity contribution in [2.45, 2.75) is 6.92 Å². The van der Waals surface area contributed by atoms with Gasteiger partial charge in [-0.2, -0.15) is 0 Å². The fourth-order valence-corrected chi connectivity index (χ4v) is 3.83. The second kappa shape index (κ2) is 8.17. The quantitative estimate of drug-likeness (QED) is 0.319. The third-order valence-electron chi connectivity index (χ3n) is 4.24. The Morgan fingerprint density at radius 3 is 2.63 bits per heavy atom. The van der Waals surface area contributed by atoms with Crippen molar-refractivity contribution in [2.24, 2.45) is 4.99 Å². The zero-order valence-electron chi connectivity index (χ0n) is 15.6. The minimum Gasteiger partial charge on any atom is -0.457 e. The van der Waals surface area contributed by atoms with Crippen molar-refractivity contribution in [3.8, 4) is 11.3 Å². The van der Waals surface area contributed by atoms with Crippen LogP contribution in [-0.4, -0.2) is 16.0 Å². The van der Waals surface area contributed by atoms with E-state index in [2.05, 4.69) is 10.3 Å². The summed E-state index contributed by atoms with van der Waals surface area (Å²) in [6.45, 7) is 1.99. The average molecular weight is 440 g/mol. The number of nitrogens with zero attached hydrogens (tertiary/aromatic N) is 2. The molecule has 1 fully saturated rings. The first-order chi connectivity index (χ1) is 14.4. The van der Waals surface area contributed by atoms with Crippen LogP contribution < -0.4 is 5.32 Å². The number of hydrogen-bond donors (Lipinski definition) is 1. The van der Waals surface area contributed by atoms with Crippen molar-refractivity contribution >= 4 is 51.9 Å². The van der Waals surface area contributed by atoms with Crippen molar-refractivity contribution in [3.05, 3.63) is 86.0 Å². The summed E-state index contributed by atoms with van der Waals surface area (Å²) >= 11 is 7.37. The van der Waals surface area contributed by atoms with Crippen molar-refractivity contribution in [2.75, 3.05) is 0 Å². The second-order valence-corrected chi connectivity index (χ2v) is 7.88. The SMILES string of the molecule is Cc1ccc(N=C2NC(=O)/C(=C\c3ccc(-c4ccc([N+](=O)[O-])cc4Cl)o3)S2)cc1. The molecule has 4 rings (SSSR count). The van der Waals surface area contributed by atoms with Crippen molar-refractivity contribution < 1.29 is 14.1 Å². The van der Waals surface area contributed by atoms with E-state index in [4.69, 9.17) is 16.0 Å². The summed E-state index contributed by atoms with van der Waals surface area (Å²) in [5.41, 5.74) is 2.30. The average Bonchev–Trinajstić information content (AvgIpc) is 3.30. The van der Waals surface area contributed by atoms with Gasteiger partial charge < -0.3 is 9.73 Å². The number of furan rings is 1. The molecule has 7 nitrogen and oxygen atoms in total. The number of nitro benzene ring substituents is 1. The number of aryl methyl sites for hydroxylation is 1. The Morgan fingerprint density at radius 1 is 1.17 bits per heavy atom. The Hall–Kier alpha value is -3.36. The van der Waals surface area contributed by atoms with Gasteiger partial charge in [0.1, 0.15) is 11.5 Å². The largest absolute Gasteiger partial charge is 0.457 e. The molecule has 1 aliphatic heterocycles. The van der Waals surface area contributed by atoms with Crippen LogP contribution in [0, 0.1) is 17.0 Å². The van der Waals surface area contributed by atoms with Crippen LogP contribution >= 0.6 is 23.4 Å². The maximum Gasteiger partial charge on any atom is 0.270 e. The molecule has 1 amide bonds. The zero-order valence-corrected chi connectivity index (χ0v) is 17.2. The molecular formula is C21H14ClN3O4S. The molecule has 1 aliphatic rings. The highest BCUT2D eigenvalue weighted by Crippen LogP contribution is 2.34. The molecule has 0 bridgehead atoms. The zero-order chi connectivity index (χ0) is 21.3. The van der Waals surface area contributed by atoms with Gasteiger partial charge in [0.2, 0.25) is 0 Å². The van der Waals surface area contributed by atoms with Crippen molar-refractivity contribution in [3.63, 3.8) is 0 Å². The van der Waals surface area contributed by atoms with Crippen molar-refractivity contribution in [1.82, 2.24) is 5.32 Å². The lowest BCUT2D eigenvalue weighted by Gasteiger charge is -2.00. The first-order valence-electron chi connectivity index (χ1n) is 8.79. The highest BCUT2D eigenvalue weighted by Gasteiger charge is 2.24. The number of amides is 1. The number of thioether (sulfide) groups is 1. The van der Waals surface area contributed by atoms with Crippen LogP contribution in [0.5, 0.6) is 0 Å². The summed E-state index contributed by atoms with van der Waals surface area (Å²) in [7, 11) is 0. The molecule has 0 atom stereocenters. The molecule has 3 aromatic rings. The topological polar surface area (TPSA) is 97.7 Å². The number of amidine groups is 1. The van der Waals surface area contributed by atoms with E-state index in [1.807, 2.05) is 31.2 Å². The second-order valence-electron chi connectivity index (χ2n) is 6.44. The molecule has 0 saturated carbocycles. The molecule has 1 aromatic heterocycles. The van der Waals surface area contributed by atoms with E-state index in [1.54, 1.807) is 18.2 Å². The first kappa shape index (κ1) is 19.9. The van der Waals surface area contributed by atoms with Gasteiger partial charge >= 0.3 is 0 Å². The molecule has 0 unspecified atom stereocenters. The highest BCUT2D eigenvalue weighted by molar-refractivity contribution is 8.18. The van der Waals surface area contributed by atoms with Gasteiger partial charge in [-0.3, -0.25) is 14.9 Å². The van der Waals surface area contributed by atoms with E-state index in [0.717, 1.165) is 11.3 Å². The predicted molar refractivity (Wildman–Crippen MR) is 118 cm³/mol. The third-order valence-corrected chi connectivity index (χ3v) is 5.47. The number of halogens is 1. The van der Waals surface area contributed by atoms with E-state index in [-0.39, 0.29) is 16.6 Å². The Balaban J connectivity index is 1.55. The number of carbonyl (C=O) groups excluding carboxylic acids is 1. The van der Waals surface area contributed by atoms with Gasteiger partial charge in [-0.1, -0.05) is 29.3 Å². The summed E-state index contributed by atoms with van der Waals surface area (Å²) in [6, 6.07) is 15.2. The number of nitro groups is 1. The van der Waals surface area contributed by atoms with Crippen LogP contribution in [0.15, 0.2) is 68.9 Å². The van der Waals surface area contributed by atoms with Crippen LogP contribution in [-0.2, 0) is 4.79 Å². The Bertz CT molecular complexity index is 1220. The van der Waals surface area contributed by atoms with Crippen molar-refractivity contribution in [1.29, 1.82) is 0 Å². The Morgan fingerprint density at radius 2 is 1.93 bits per heavy atom. The van der Waals surface area contributed by atoms with E-state index in [9.17, 15) is 14.9 Å². The van der Waals surface area contributed by atoms with Crippen LogP contribution in [0.4, 0.5) is 11.4 Å². The maximum atomic E-state index is 12.3. The Labute approximate surface area is 180 Å². The minimum absolute atomic E-state index is 0.0999. The van der Waals surface area contributed by atoms with Gasteiger partial charge in [0.25, 0.3) is 11.6 Å². The highest BCUT2D eigenvalue weighted by atomic mass is 35.5. The van der Waals surface area contributed by atoms with E-state index >= 15 is 0 Å². The predicted octanol–water partition coefficient (Wildman–Crippen LogP) is 5.71. The number of rotatable bonds is 4. The molecule has 2 aromatic carbocycles. The number of hydrogen-bond acceptors (Lipinski definition) is 6. The summed E-state index contributed by atoms with van der Waals surface area (Å²) in [5, 5.41) is 14.3. The fourth-order valence-electron chi connectivity index (χ4n) is 2.74. The molecule has 1 N–H and O–H groups in total. The lowest BCUT2D eigenvalue weighted by atomic mass is 10.1. The number of carbonyl (C=O) groups is 1. The van der Waals surface area contributed by atoms with E-state index in [0.29, 0.717) is 27.2 Å². The summed E-state index contributed by atoms with van der Waals surface area (Å²) in [4.78, 5) is 27.5. The number of benzene rings is 2. The molecule has 0 aliphatic carbocycles. The van der Waals surface area contributed by atoms with Gasteiger partial charge in [0.05, 0.1) is 20.5 Å². The normalized spacial score (nSPS) is 16.3. The van der Waals surface area contributed by atoms with Crippen LogP contribution in [0.2, 0.25) is 5.02 Å². The molecule has 0 radical (unpaired) electrons. The lowest BCUT2D eigenvalue weighted by Crippen LogP contribution is -2.19. The smallest absolute Gasteiger partial charge is 0.270 e. The van der Waals surface area contributed by atoms with E-state index < -0.39 is 4.92 Å². The van der Waals surface area contributed by atoms with Crippen LogP contribution in [0.3, 0.4) is 0 Å². The molecule has 150 valence electrons. The lowest BCUT2D eigenvalue weighted by molar-refractivity contribution is -0.384.